The highest BCUT2D eigenvalue weighted by Crippen LogP contribution is 1.99. The third-order valence-electron chi connectivity index (χ3n) is 1.17. The van der Waals surface area contributed by atoms with Crippen molar-refractivity contribution in [3.05, 3.63) is 12.2 Å². The molecule has 0 radical (unpaired) electrons. The van der Waals surface area contributed by atoms with Crippen LogP contribution in [0.5, 0.6) is 0 Å². The van der Waals surface area contributed by atoms with Crippen LogP contribution in [0.25, 0.3) is 0 Å². The zero-order valence-electron chi connectivity index (χ0n) is 5.91. The molecule has 1 N–H and O–H groups in total. The second kappa shape index (κ2) is 3.65. The van der Waals surface area contributed by atoms with E-state index in [9.17, 15) is 4.79 Å². The minimum atomic E-state index is -0.0593. The molecule has 1 rings (SSSR count). The van der Waals surface area contributed by atoms with E-state index in [0.717, 1.165) is 0 Å². The van der Waals surface area contributed by atoms with Crippen molar-refractivity contribution < 1.29 is 4.79 Å². The smallest absolute Gasteiger partial charge is 0.227 e. The van der Waals surface area contributed by atoms with Gasteiger partial charge in [0.1, 0.15) is 6.33 Å². The van der Waals surface area contributed by atoms with Gasteiger partial charge in [-0.3, -0.25) is 7.58 Å². The van der Waals surface area contributed by atoms with Crippen LogP contribution in [0.15, 0.2) is 6.33 Å². The molecule has 5 nitrogen and oxygen atoms in total. The van der Waals surface area contributed by atoms with E-state index < -0.39 is 0 Å². The van der Waals surface area contributed by atoms with Gasteiger partial charge in [0.25, 0.3) is 0 Å². The van der Waals surface area contributed by atoms with Crippen LogP contribution >= 0.6 is 22.9 Å². The van der Waals surface area contributed by atoms with Gasteiger partial charge >= 0.3 is 0 Å². The maximum absolute atomic E-state index is 10.8. The summed E-state index contributed by atoms with van der Waals surface area (Å²) in [7, 11) is 1.59. The van der Waals surface area contributed by atoms with Crippen molar-refractivity contribution in [1.29, 1.82) is 0 Å². The molecule has 11 heavy (non-hydrogen) atoms. The Morgan fingerprint density at radius 2 is 2.64 bits per heavy atom. The highest BCUT2D eigenvalue weighted by atomic mass is 127. The third kappa shape index (κ3) is 2.14. The number of carbonyl (C=O) groups excluding carboxylic acids is 1. The predicted molar refractivity (Wildman–Crippen MR) is 47.2 cm³/mol. The lowest BCUT2D eigenvalue weighted by Crippen LogP contribution is -2.21. The molecule has 1 aromatic heterocycles. The van der Waals surface area contributed by atoms with Crippen LogP contribution in [0, 0.1) is 0 Å². The zero-order valence-corrected chi connectivity index (χ0v) is 8.07. The Morgan fingerprint density at radius 3 is 3.09 bits per heavy atom. The maximum atomic E-state index is 10.8. The first kappa shape index (κ1) is 8.44. The number of hydrogen-bond acceptors (Lipinski definition) is 3. The van der Waals surface area contributed by atoms with Gasteiger partial charge in [0.15, 0.2) is 5.82 Å². The number of carbonyl (C=O) groups is 1. The molecule has 0 aromatic carbocycles. The first-order chi connectivity index (χ1) is 5.24. The summed E-state index contributed by atoms with van der Waals surface area (Å²) in [5.41, 5.74) is 0. The zero-order chi connectivity index (χ0) is 8.27. The first-order valence-corrected chi connectivity index (χ1v) is 3.96. The van der Waals surface area contributed by atoms with Crippen LogP contribution in [-0.2, 0) is 11.2 Å². The van der Waals surface area contributed by atoms with Gasteiger partial charge in [-0.15, -0.1) is 10.2 Å². The average Bonchev–Trinajstić information content (AvgIpc) is 2.37. The van der Waals surface area contributed by atoms with Gasteiger partial charge in [0.2, 0.25) is 5.91 Å². The molecule has 60 valence electrons. The number of hydrogen-bond donors (Lipinski definition) is 1. The van der Waals surface area contributed by atoms with E-state index in [2.05, 4.69) is 15.5 Å². The lowest BCUT2D eigenvalue weighted by Gasteiger charge is -1.96. The summed E-state index contributed by atoms with van der Waals surface area (Å²) in [5, 5.41) is 9.89. The molecule has 0 aliphatic rings. The number of amides is 1. The molecule has 0 aliphatic carbocycles. The van der Waals surface area contributed by atoms with Crippen molar-refractivity contribution >= 4 is 28.8 Å². The number of nitrogens with one attached hydrogen (secondary N) is 1. The summed E-state index contributed by atoms with van der Waals surface area (Å²) in [6, 6.07) is 0. The lowest BCUT2D eigenvalue weighted by atomic mass is 10.4. The van der Waals surface area contributed by atoms with Gasteiger partial charge in [-0.05, 0) is 0 Å². The van der Waals surface area contributed by atoms with Gasteiger partial charge in [0, 0.05) is 7.05 Å². The van der Waals surface area contributed by atoms with Crippen molar-refractivity contribution in [3.8, 4) is 0 Å². The van der Waals surface area contributed by atoms with E-state index in [1.807, 2.05) is 22.9 Å². The Balaban J connectivity index is 2.64. The van der Waals surface area contributed by atoms with E-state index in [1.54, 1.807) is 16.2 Å². The fourth-order valence-corrected chi connectivity index (χ4v) is 0.969. The van der Waals surface area contributed by atoms with Gasteiger partial charge in [0.05, 0.1) is 29.3 Å². The van der Waals surface area contributed by atoms with Crippen molar-refractivity contribution in [2.45, 2.75) is 6.42 Å². The molecule has 0 saturated carbocycles. The largest absolute Gasteiger partial charge is 0.359 e. The van der Waals surface area contributed by atoms with E-state index in [0.29, 0.717) is 5.82 Å². The van der Waals surface area contributed by atoms with Crippen LogP contribution in [0.3, 0.4) is 0 Å². The standard InChI is InChI=1S/C5H7IN4O/c1-7-5(11)2-4-9-8-3-10(4)6/h3H,2H2,1H3,(H,7,11). The Morgan fingerprint density at radius 1 is 1.91 bits per heavy atom. The highest BCUT2D eigenvalue weighted by molar-refractivity contribution is 14.1. The van der Waals surface area contributed by atoms with Gasteiger partial charge in [-0.2, -0.15) is 0 Å². The van der Waals surface area contributed by atoms with Crippen LogP contribution in [-0.4, -0.2) is 25.9 Å². The summed E-state index contributed by atoms with van der Waals surface area (Å²) in [6.07, 6.45) is 1.83. The molecule has 0 unspecified atom stereocenters. The van der Waals surface area contributed by atoms with E-state index >= 15 is 0 Å². The first-order valence-electron chi connectivity index (χ1n) is 2.99. The molecule has 0 spiro atoms. The molecular weight excluding hydrogens is 259 g/mol. The second-order valence-electron chi connectivity index (χ2n) is 1.91. The van der Waals surface area contributed by atoms with E-state index in [4.69, 9.17) is 0 Å². The Hall–Kier alpha value is -0.660. The minimum absolute atomic E-state index is 0.0593. The van der Waals surface area contributed by atoms with E-state index in [-0.39, 0.29) is 12.3 Å². The number of halogens is 1. The second-order valence-corrected chi connectivity index (χ2v) is 2.95. The van der Waals surface area contributed by atoms with Crippen LogP contribution < -0.4 is 5.32 Å². The SMILES string of the molecule is CNC(=O)Cc1nncn1I. The number of nitrogens with zero attached hydrogens (tertiary/aromatic N) is 3. The Bertz CT molecular complexity index is 259. The van der Waals surface area contributed by atoms with Crippen LogP contribution in [0.1, 0.15) is 5.82 Å². The molecule has 0 fully saturated rings. The van der Waals surface area contributed by atoms with Crippen LogP contribution in [0.2, 0.25) is 0 Å². The van der Waals surface area contributed by atoms with Crippen molar-refractivity contribution in [2.24, 2.45) is 0 Å². The molecule has 0 atom stereocenters. The maximum Gasteiger partial charge on any atom is 0.227 e. The van der Waals surface area contributed by atoms with Gasteiger partial charge in [-0.25, -0.2) is 0 Å². The summed E-state index contributed by atoms with van der Waals surface area (Å²) < 4.78 is 1.69. The molecule has 1 aromatic rings. The molecule has 1 heterocycles. The molecule has 6 heteroatoms. The number of likely N-dealkylation sites (N-methyl/N-ethyl adjacent to an activating group) is 1. The summed E-state index contributed by atoms with van der Waals surface area (Å²) >= 11 is 2.02. The van der Waals surface area contributed by atoms with Crippen molar-refractivity contribution in [2.75, 3.05) is 7.05 Å². The molecule has 1 amide bonds. The highest BCUT2D eigenvalue weighted by Gasteiger charge is 2.05. The predicted octanol–water partition coefficient (Wildman–Crippen LogP) is -0.235. The summed E-state index contributed by atoms with van der Waals surface area (Å²) in [4.78, 5) is 10.8. The topological polar surface area (TPSA) is 59.8 Å². The molecule has 0 bridgehead atoms. The Kier molecular flexibility index (Phi) is 2.80. The van der Waals surface area contributed by atoms with E-state index in [1.165, 1.54) is 0 Å². The molecule has 0 aliphatic heterocycles. The Labute approximate surface area is 77.7 Å². The van der Waals surface area contributed by atoms with Crippen molar-refractivity contribution in [1.82, 2.24) is 18.3 Å². The summed E-state index contributed by atoms with van der Waals surface area (Å²) in [5.74, 6) is 0.598. The minimum Gasteiger partial charge on any atom is -0.359 e. The molecular formula is C5H7IN4O. The van der Waals surface area contributed by atoms with Gasteiger partial charge < -0.3 is 5.32 Å². The summed E-state index contributed by atoms with van der Waals surface area (Å²) in [6.45, 7) is 0. The van der Waals surface area contributed by atoms with Gasteiger partial charge in [-0.1, -0.05) is 0 Å². The molecule has 0 saturated heterocycles. The quantitative estimate of drug-likeness (QED) is 0.752. The lowest BCUT2D eigenvalue weighted by molar-refractivity contribution is -0.120. The van der Waals surface area contributed by atoms with Crippen LogP contribution in [0.4, 0.5) is 0 Å². The fourth-order valence-electron chi connectivity index (χ4n) is 0.590. The van der Waals surface area contributed by atoms with Crippen molar-refractivity contribution in [3.63, 3.8) is 0 Å². The average molecular weight is 266 g/mol. The number of rotatable bonds is 2. The fraction of sp³-hybridized carbons (Fsp3) is 0.400. The normalized spacial score (nSPS) is 9.64. The third-order valence-corrected chi connectivity index (χ3v) is 1.98. The monoisotopic (exact) mass is 266 g/mol. The number of aromatic nitrogens is 3.